The molecule has 0 saturated heterocycles. The van der Waals surface area contributed by atoms with Crippen LogP contribution in [0.1, 0.15) is 18.5 Å². The standard InChI is InChI=1S/C16H14ClNO/c1-11(12-6-8-14(17)9-7-12)18-10-13-4-2-3-5-15(13)16(18)19/h2-11,19H,1H3/t11-/m0/s1. The number of aromatic hydroxyl groups is 1. The molecule has 0 spiro atoms. The van der Waals surface area contributed by atoms with E-state index >= 15 is 0 Å². The van der Waals surface area contributed by atoms with Crippen molar-refractivity contribution in [3.63, 3.8) is 0 Å². The van der Waals surface area contributed by atoms with E-state index in [2.05, 4.69) is 6.92 Å². The lowest BCUT2D eigenvalue weighted by Gasteiger charge is -2.15. The lowest BCUT2D eigenvalue weighted by Crippen LogP contribution is -2.04. The number of hydrogen-bond donors (Lipinski definition) is 1. The lowest BCUT2D eigenvalue weighted by molar-refractivity contribution is 0.412. The molecule has 0 fully saturated rings. The number of fused-ring (bicyclic) bond motifs is 1. The normalized spacial score (nSPS) is 12.7. The van der Waals surface area contributed by atoms with Gasteiger partial charge >= 0.3 is 0 Å². The number of halogens is 1. The maximum atomic E-state index is 10.3. The van der Waals surface area contributed by atoms with Gasteiger partial charge in [-0.1, -0.05) is 41.9 Å². The fourth-order valence-electron chi connectivity index (χ4n) is 2.36. The van der Waals surface area contributed by atoms with Gasteiger partial charge in [0.15, 0.2) is 5.88 Å². The molecule has 1 N–H and O–H groups in total. The van der Waals surface area contributed by atoms with Gasteiger partial charge in [-0.3, -0.25) is 0 Å². The molecular weight excluding hydrogens is 258 g/mol. The van der Waals surface area contributed by atoms with Crippen molar-refractivity contribution in [2.45, 2.75) is 13.0 Å². The van der Waals surface area contributed by atoms with Crippen molar-refractivity contribution in [2.24, 2.45) is 0 Å². The van der Waals surface area contributed by atoms with E-state index < -0.39 is 0 Å². The fraction of sp³-hybridized carbons (Fsp3) is 0.125. The minimum absolute atomic E-state index is 0.0599. The Morgan fingerprint density at radius 2 is 1.74 bits per heavy atom. The number of rotatable bonds is 2. The molecule has 1 aromatic heterocycles. The molecule has 3 heteroatoms. The van der Waals surface area contributed by atoms with Crippen LogP contribution in [-0.2, 0) is 0 Å². The third-order valence-electron chi connectivity index (χ3n) is 3.49. The minimum atomic E-state index is 0.0599. The molecule has 0 unspecified atom stereocenters. The highest BCUT2D eigenvalue weighted by Crippen LogP contribution is 2.32. The first-order valence-corrected chi connectivity index (χ1v) is 6.58. The molecule has 19 heavy (non-hydrogen) atoms. The van der Waals surface area contributed by atoms with Crippen LogP contribution in [-0.4, -0.2) is 9.67 Å². The van der Waals surface area contributed by atoms with E-state index in [4.69, 9.17) is 11.6 Å². The van der Waals surface area contributed by atoms with Gasteiger partial charge in [-0.15, -0.1) is 0 Å². The molecule has 2 nitrogen and oxygen atoms in total. The Kier molecular flexibility index (Phi) is 2.96. The minimum Gasteiger partial charge on any atom is -0.494 e. The van der Waals surface area contributed by atoms with Crippen LogP contribution in [0.2, 0.25) is 5.02 Å². The average molecular weight is 272 g/mol. The Bertz CT molecular complexity index is 715. The molecule has 2 aromatic carbocycles. The fourth-order valence-corrected chi connectivity index (χ4v) is 2.49. The summed E-state index contributed by atoms with van der Waals surface area (Å²) in [7, 11) is 0. The van der Waals surface area contributed by atoms with Gasteiger partial charge in [-0.2, -0.15) is 0 Å². The van der Waals surface area contributed by atoms with E-state index in [1.165, 1.54) is 0 Å². The number of aromatic nitrogens is 1. The van der Waals surface area contributed by atoms with Crippen LogP contribution in [0.3, 0.4) is 0 Å². The second-order valence-electron chi connectivity index (χ2n) is 4.67. The Hall–Kier alpha value is -1.93. The molecule has 0 amide bonds. The second kappa shape index (κ2) is 4.63. The SMILES string of the molecule is C[C@@H](c1ccc(Cl)cc1)n1cc2ccccc2c1O. The van der Waals surface area contributed by atoms with Crippen LogP contribution in [0.5, 0.6) is 5.88 Å². The van der Waals surface area contributed by atoms with E-state index in [0.717, 1.165) is 21.4 Å². The largest absolute Gasteiger partial charge is 0.494 e. The molecule has 3 aromatic rings. The molecule has 0 saturated carbocycles. The Morgan fingerprint density at radius 1 is 1.05 bits per heavy atom. The zero-order chi connectivity index (χ0) is 13.4. The summed E-state index contributed by atoms with van der Waals surface area (Å²) >= 11 is 5.90. The van der Waals surface area contributed by atoms with Crippen LogP contribution in [0.15, 0.2) is 54.7 Å². The second-order valence-corrected chi connectivity index (χ2v) is 5.11. The highest BCUT2D eigenvalue weighted by molar-refractivity contribution is 6.30. The molecule has 0 bridgehead atoms. The number of hydrogen-bond acceptors (Lipinski definition) is 1. The zero-order valence-electron chi connectivity index (χ0n) is 10.5. The van der Waals surface area contributed by atoms with Gasteiger partial charge in [0.25, 0.3) is 0 Å². The van der Waals surface area contributed by atoms with E-state index in [1.54, 1.807) is 0 Å². The Labute approximate surface area is 116 Å². The van der Waals surface area contributed by atoms with Crippen LogP contribution < -0.4 is 0 Å². The third kappa shape index (κ3) is 2.08. The molecule has 0 aliphatic carbocycles. The first-order valence-electron chi connectivity index (χ1n) is 6.21. The maximum Gasteiger partial charge on any atom is 0.199 e. The average Bonchev–Trinajstić information content (AvgIpc) is 2.77. The summed E-state index contributed by atoms with van der Waals surface area (Å²) in [4.78, 5) is 0. The van der Waals surface area contributed by atoms with Crippen molar-refractivity contribution >= 4 is 22.4 Å². The van der Waals surface area contributed by atoms with Crippen LogP contribution >= 0.6 is 11.6 Å². The van der Waals surface area contributed by atoms with Crippen molar-refractivity contribution in [1.82, 2.24) is 4.57 Å². The highest BCUT2D eigenvalue weighted by Gasteiger charge is 2.14. The van der Waals surface area contributed by atoms with Crippen molar-refractivity contribution in [2.75, 3.05) is 0 Å². The van der Waals surface area contributed by atoms with Gasteiger partial charge < -0.3 is 9.67 Å². The smallest absolute Gasteiger partial charge is 0.199 e. The molecule has 0 radical (unpaired) electrons. The van der Waals surface area contributed by atoms with E-state index in [9.17, 15) is 5.11 Å². The van der Waals surface area contributed by atoms with E-state index in [0.29, 0.717) is 5.88 Å². The van der Waals surface area contributed by atoms with Crippen molar-refractivity contribution < 1.29 is 5.11 Å². The van der Waals surface area contributed by atoms with Crippen molar-refractivity contribution in [1.29, 1.82) is 0 Å². The lowest BCUT2D eigenvalue weighted by atomic mass is 10.1. The van der Waals surface area contributed by atoms with Gasteiger partial charge in [0.1, 0.15) is 0 Å². The van der Waals surface area contributed by atoms with Crippen LogP contribution in [0.25, 0.3) is 10.8 Å². The summed E-state index contributed by atoms with van der Waals surface area (Å²) in [6, 6.07) is 15.6. The van der Waals surface area contributed by atoms with E-state index in [1.807, 2.05) is 59.3 Å². The molecule has 3 rings (SSSR count). The monoisotopic (exact) mass is 271 g/mol. The summed E-state index contributed by atoms with van der Waals surface area (Å²) in [6.45, 7) is 2.06. The van der Waals surface area contributed by atoms with Crippen molar-refractivity contribution in [3.05, 3.63) is 65.3 Å². The zero-order valence-corrected chi connectivity index (χ0v) is 11.3. The van der Waals surface area contributed by atoms with Gasteiger partial charge in [0, 0.05) is 22.0 Å². The van der Waals surface area contributed by atoms with Crippen molar-refractivity contribution in [3.8, 4) is 5.88 Å². The summed E-state index contributed by atoms with van der Waals surface area (Å²) in [5.74, 6) is 0.304. The predicted molar refractivity (Wildman–Crippen MR) is 78.9 cm³/mol. The first-order chi connectivity index (χ1) is 9.16. The van der Waals surface area contributed by atoms with Gasteiger partial charge in [-0.05, 0) is 30.7 Å². The quantitative estimate of drug-likeness (QED) is 0.723. The van der Waals surface area contributed by atoms with Gasteiger partial charge in [0.2, 0.25) is 0 Å². The van der Waals surface area contributed by atoms with Crippen LogP contribution in [0, 0.1) is 0 Å². The summed E-state index contributed by atoms with van der Waals surface area (Å²) in [5, 5.41) is 13.0. The first kappa shape index (κ1) is 12.1. The molecule has 1 heterocycles. The highest BCUT2D eigenvalue weighted by atomic mass is 35.5. The summed E-state index contributed by atoms with van der Waals surface area (Å²) in [6.07, 6.45) is 1.98. The Balaban J connectivity index is 2.08. The van der Waals surface area contributed by atoms with Gasteiger partial charge in [-0.25, -0.2) is 0 Å². The molecule has 0 aliphatic rings. The summed E-state index contributed by atoms with van der Waals surface area (Å²) in [5.41, 5.74) is 1.11. The molecule has 96 valence electrons. The number of benzene rings is 2. The summed E-state index contributed by atoms with van der Waals surface area (Å²) < 4.78 is 1.88. The molecular formula is C16H14ClNO. The van der Waals surface area contributed by atoms with Crippen LogP contribution in [0.4, 0.5) is 0 Å². The maximum absolute atomic E-state index is 10.3. The molecule has 1 atom stereocenters. The van der Waals surface area contributed by atoms with E-state index in [-0.39, 0.29) is 6.04 Å². The topological polar surface area (TPSA) is 25.2 Å². The third-order valence-corrected chi connectivity index (χ3v) is 3.75. The Morgan fingerprint density at radius 3 is 2.42 bits per heavy atom. The predicted octanol–water partition coefficient (Wildman–Crippen LogP) is 4.61. The number of nitrogens with zero attached hydrogens (tertiary/aromatic N) is 1. The van der Waals surface area contributed by atoms with Gasteiger partial charge in [0.05, 0.1) is 6.04 Å². The molecule has 0 aliphatic heterocycles.